The molecule has 0 spiro atoms. The van der Waals surface area contributed by atoms with Gasteiger partial charge in [0.2, 0.25) is 0 Å². The van der Waals surface area contributed by atoms with Gasteiger partial charge in [0.1, 0.15) is 17.2 Å². The second-order valence-corrected chi connectivity index (χ2v) is 6.01. The van der Waals surface area contributed by atoms with Gasteiger partial charge in [-0.3, -0.25) is 14.9 Å². The standard InChI is InChI=1S/C20H22N4O6/c1-28-15-6-4-13(5-7-15)11-24-12-14(9-23-24)18(25)10-22-17(20(27)30-3)8-16(21)19(26)29-2/h4-9,12,21-22H,10-11H2,1-3H3/b17-8-,21-16?. The van der Waals surface area contributed by atoms with E-state index in [1.54, 1.807) is 18.0 Å². The van der Waals surface area contributed by atoms with Gasteiger partial charge in [0.05, 0.1) is 46.2 Å². The third kappa shape index (κ3) is 6.03. The van der Waals surface area contributed by atoms with Crippen molar-refractivity contribution in [3.8, 4) is 5.75 Å². The Hall–Kier alpha value is -3.95. The SMILES string of the molecule is COC(=O)C(=N)/C=C(\NCC(=O)c1cnn(Cc2ccc(OC)cc2)c1)C(=O)OC. The number of rotatable bonds is 10. The Bertz CT molecular complexity index is 962. The summed E-state index contributed by atoms with van der Waals surface area (Å²) >= 11 is 0. The summed E-state index contributed by atoms with van der Waals surface area (Å²) in [6, 6.07) is 7.46. The third-order valence-electron chi connectivity index (χ3n) is 4.00. The van der Waals surface area contributed by atoms with E-state index in [9.17, 15) is 14.4 Å². The predicted molar refractivity (Wildman–Crippen MR) is 106 cm³/mol. The van der Waals surface area contributed by atoms with Crippen LogP contribution in [0.1, 0.15) is 15.9 Å². The van der Waals surface area contributed by atoms with E-state index in [2.05, 4.69) is 19.9 Å². The Kier molecular flexibility index (Phi) is 7.86. The first-order valence-electron chi connectivity index (χ1n) is 8.77. The lowest BCUT2D eigenvalue weighted by atomic mass is 10.2. The van der Waals surface area contributed by atoms with Crippen molar-refractivity contribution in [1.29, 1.82) is 5.41 Å². The fraction of sp³-hybridized carbons (Fsp3) is 0.250. The Morgan fingerprint density at radius 1 is 1.10 bits per heavy atom. The fourth-order valence-electron chi connectivity index (χ4n) is 2.39. The summed E-state index contributed by atoms with van der Waals surface area (Å²) in [6.07, 6.45) is 3.95. The van der Waals surface area contributed by atoms with Crippen LogP contribution in [0.25, 0.3) is 0 Å². The van der Waals surface area contributed by atoms with Crippen molar-refractivity contribution >= 4 is 23.4 Å². The molecule has 0 aliphatic rings. The first-order valence-corrected chi connectivity index (χ1v) is 8.77. The van der Waals surface area contributed by atoms with Crippen LogP contribution in [0.4, 0.5) is 0 Å². The normalized spacial score (nSPS) is 10.8. The molecule has 30 heavy (non-hydrogen) atoms. The number of methoxy groups -OCH3 is 3. The van der Waals surface area contributed by atoms with E-state index in [0.717, 1.165) is 31.6 Å². The molecule has 1 aromatic heterocycles. The number of ether oxygens (including phenoxy) is 3. The monoisotopic (exact) mass is 414 g/mol. The number of hydrogen-bond donors (Lipinski definition) is 2. The fourth-order valence-corrected chi connectivity index (χ4v) is 2.39. The molecule has 1 aromatic carbocycles. The van der Waals surface area contributed by atoms with Gasteiger partial charge in [0.15, 0.2) is 5.78 Å². The molecule has 158 valence electrons. The van der Waals surface area contributed by atoms with Crippen LogP contribution in [0, 0.1) is 5.41 Å². The summed E-state index contributed by atoms with van der Waals surface area (Å²) in [5.41, 5.74) is 0.536. The molecule has 2 N–H and O–H groups in total. The van der Waals surface area contributed by atoms with Gasteiger partial charge in [-0.1, -0.05) is 12.1 Å². The molecular weight excluding hydrogens is 392 g/mol. The van der Waals surface area contributed by atoms with Crippen LogP contribution in [0.3, 0.4) is 0 Å². The number of benzene rings is 1. The molecule has 2 rings (SSSR count). The van der Waals surface area contributed by atoms with Gasteiger partial charge in [-0.2, -0.15) is 5.10 Å². The van der Waals surface area contributed by atoms with E-state index in [4.69, 9.17) is 10.1 Å². The maximum absolute atomic E-state index is 12.4. The van der Waals surface area contributed by atoms with E-state index in [0.29, 0.717) is 12.1 Å². The van der Waals surface area contributed by atoms with E-state index >= 15 is 0 Å². The number of hydrogen-bond acceptors (Lipinski definition) is 9. The third-order valence-corrected chi connectivity index (χ3v) is 4.00. The van der Waals surface area contributed by atoms with Crippen molar-refractivity contribution in [3.05, 3.63) is 59.6 Å². The smallest absolute Gasteiger partial charge is 0.356 e. The number of carbonyl (C=O) groups excluding carboxylic acids is 3. The number of ketones is 1. The van der Waals surface area contributed by atoms with E-state index in [-0.39, 0.29) is 18.0 Å². The van der Waals surface area contributed by atoms with Crippen LogP contribution in [0.2, 0.25) is 0 Å². The number of esters is 2. The predicted octanol–water partition coefficient (Wildman–Crippen LogP) is 0.962. The highest BCUT2D eigenvalue weighted by atomic mass is 16.5. The second kappa shape index (κ2) is 10.6. The van der Waals surface area contributed by atoms with Gasteiger partial charge in [-0.05, 0) is 17.7 Å². The molecule has 0 aliphatic heterocycles. The van der Waals surface area contributed by atoms with Crippen LogP contribution in [-0.2, 0) is 25.6 Å². The highest BCUT2D eigenvalue weighted by Gasteiger charge is 2.17. The minimum Gasteiger partial charge on any atom is -0.497 e. The number of nitrogens with zero attached hydrogens (tertiary/aromatic N) is 2. The minimum atomic E-state index is -0.927. The zero-order chi connectivity index (χ0) is 22.1. The van der Waals surface area contributed by atoms with Gasteiger partial charge < -0.3 is 19.5 Å². The number of nitrogens with one attached hydrogen (secondary N) is 2. The van der Waals surface area contributed by atoms with Crippen molar-refractivity contribution < 1.29 is 28.6 Å². The molecule has 0 amide bonds. The van der Waals surface area contributed by atoms with Crippen LogP contribution in [-0.4, -0.2) is 61.1 Å². The minimum absolute atomic E-state index is 0.216. The highest BCUT2D eigenvalue weighted by molar-refractivity contribution is 6.40. The van der Waals surface area contributed by atoms with Gasteiger partial charge in [-0.15, -0.1) is 0 Å². The second-order valence-electron chi connectivity index (χ2n) is 6.01. The van der Waals surface area contributed by atoms with Crippen molar-refractivity contribution in [1.82, 2.24) is 15.1 Å². The lowest BCUT2D eigenvalue weighted by Gasteiger charge is -2.08. The van der Waals surface area contributed by atoms with Gasteiger partial charge in [0, 0.05) is 12.3 Å². The first kappa shape index (κ1) is 22.3. The molecule has 0 bridgehead atoms. The quantitative estimate of drug-likeness (QED) is 0.254. The van der Waals surface area contributed by atoms with Gasteiger partial charge in [-0.25, -0.2) is 9.59 Å². The lowest BCUT2D eigenvalue weighted by molar-refractivity contribution is -0.136. The Morgan fingerprint density at radius 2 is 1.77 bits per heavy atom. The van der Waals surface area contributed by atoms with Crippen molar-refractivity contribution in [3.63, 3.8) is 0 Å². The van der Waals surface area contributed by atoms with Crippen LogP contribution < -0.4 is 10.1 Å². The molecule has 1 heterocycles. The first-order chi connectivity index (χ1) is 14.4. The Morgan fingerprint density at radius 3 is 2.37 bits per heavy atom. The summed E-state index contributed by atoms with van der Waals surface area (Å²) < 4.78 is 15.7. The lowest BCUT2D eigenvalue weighted by Crippen LogP contribution is -2.29. The summed E-state index contributed by atoms with van der Waals surface area (Å²) in [5.74, 6) is -1.35. The zero-order valence-corrected chi connectivity index (χ0v) is 16.8. The topological polar surface area (TPSA) is 133 Å². The summed E-state index contributed by atoms with van der Waals surface area (Å²) in [5, 5.41) is 14.3. The summed E-state index contributed by atoms with van der Waals surface area (Å²) in [6.45, 7) is 0.206. The van der Waals surface area contributed by atoms with Crippen molar-refractivity contribution in [2.24, 2.45) is 0 Å². The zero-order valence-electron chi connectivity index (χ0n) is 16.8. The summed E-state index contributed by atoms with van der Waals surface area (Å²) in [4.78, 5) is 35.6. The molecule has 0 radical (unpaired) electrons. The van der Waals surface area contributed by atoms with Crippen molar-refractivity contribution in [2.75, 3.05) is 27.9 Å². The molecule has 0 unspecified atom stereocenters. The van der Waals surface area contributed by atoms with E-state index in [1.807, 2.05) is 24.3 Å². The Balaban J connectivity index is 2.02. The largest absolute Gasteiger partial charge is 0.497 e. The molecule has 10 nitrogen and oxygen atoms in total. The molecule has 2 aromatic rings. The maximum atomic E-state index is 12.4. The van der Waals surface area contributed by atoms with Crippen molar-refractivity contribution in [2.45, 2.75) is 6.54 Å². The van der Waals surface area contributed by atoms with Crippen LogP contribution in [0.15, 0.2) is 48.4 Å². The average molecular weight is 414 g/mol. The number of aromatic nitrogens is 2. The van der Waals surface area contributed by atoms with E-state index in [1.165, 1.54) is 6.20 Å². The molecule has 0 saturated carbocycles. The van der Waals surface area contributed by atoms with Crippen LogP contribution in [0.5, 0.6) is 5.75 Å². The van der Waals surface area contributed by atoms with Gasteiger partial charge >= 0.3 is 11.9 Å². The molecule has 10 heteroatoms. The highest BCUT2D eigenvalue weighted by Crippen LogP contribution is 2.12. The number of carbonyl (C=O) groups is 3. The number of Topliss-reactive ketones (excluding diaryl/α,β-unsaturated/α-hetero) is 1. The molecule has 0 atom stereocenters. The molecule has 0 saturated heterocycles. The van der Waals surface area contributed by atoms with E-state index < -0.39 is 17.7 Å². The van der Waals surface area contributed by atoms with Gasteiger partial charge in [0.25, 0.3) is 0 Å². The maximum Gasteiger partial charge on any atom is 0.356 e. The Labute approximate surface area is 172 Å². The average Bonchev–Trinajstić information content (AvgIpc) is 3.24. The molecular formula is C20H22N4O6. The molecule has 0 aliphatic carbocycles. The molecule has 0 fully saturated rings. The summed E-state index contributed by atoms with van der Waals surface area (Å²) in [7, 11) is 3.85. The van der Waals surface area contributed by atoms with Crippen LogP contribution >= 0.6 is 0 Å².